The number of hydrogen-bond acceptors (Lipinski definition) is 6. The van der Waals surface area contributed by atoms with Crippen molar-refractivity contribution in [2.24, 2.45) is 11.7 Å². The average Bonchev–Trinajstić information content (AvgIpc) is 3.50. The molecule has 4 N–H and O–H groups in total. The minimum atomic E-state index is -4.56. The summed E-state index contributed by atoms with van der Waals surface area (Å²) in [5.41, 5.74) is 6.53. The molecule has 0 saturated carbocycles. The summed E-state index contributed by atoms with van der Waals surface area (Å²) in [6.07, 6.45) is -2.44. The van der Waals surface area contributed by atoms with E-state index in [9.17, 15) is 22.8 Å². The highest BCUT2D eigenvalue weighted by molar-refractivity contribution is 9.10. The Morgan fingerprint density at radius 3 is 2.80 bits per heavy atom. The maximum absolute atomic E-state index is 14.0. The number of amides is 2. The number of nitrogens with zero attached hydrogens (tertiary/aromatic N) is 2. The number of aromatic nitrogens is 2. The molecule has 0 unspecified atom stereocenters. The number of carbonyl (C=O) groups excluding carboxylic acids is 2. The fourth-order valence-electron chi connectivity index (χ4n) is 4.67. The Morgan fingerprint density at radius 2 is 2.14 bits per heavy atom. The molecule has 0 saturated heterocycles. The predicted octanol–water partition coefficient (Wildman–Crippen LogP) is 5.90. The largest absolute Gasteiger partial charge is 0.410 e. The van der Waals surface area contributed by atoms with Crippen LogP contribution in [-0.4, -0.2) is 27.8 Å². The number of thiophene rings is 2. The number of rotatable bonds is 4. The van der Waals surface area contributed by atoms with Gasteiger partial charge in [0.15, 0.2) is 11.7 Å². The van der Waals surface area contributed by atoms with Crippen LogP contribution in [-0.2, 0) is 12.8 Å². The second-order valence-corrected chi connectivity index (χ2v) is 11.7. The summed E-state index contributed by atoms with van der Waals surface area (Å²) < 4.78 is 42.9. The van der Waals surface area contributed by atoms with Crippen molar-refractivity contribution in [3.8, 4) is 0 Å². The van der Waals surface area contributed by atoms with Crippen molar-refractivity contribution in [1.29, 1.82) is 0 Å². The molecule has 186 valence electrons. The van der Waals surface area contributed by atoms with Crippen LogP contribution >= 0.6 is 38.6 Å². The number of fused-ring (bicyclic) bond motifs is 2. The number of nitrogens with one attached hydrogen (secondary N) is 2. The average molecular weight is 588 g/mol. The summed E-state index contributed by atoms with van der Waals surface area (Å²) >= 11 is 5.93. The number of carbonyl (C=O) groups is 2. The second-order valence-electron chi connectivity index (χ2n) is 8.84. The molecule has 3 aromatic heterocycles. The van der Waals surface area contributed by atoms with Crippen LogP contribution < -0.4 is 16.4 Å². The molecule has 3 aromatic rings. The maximum atomic E-state index is 14.0. The molecule has 2 aliphatic rings. The van der Waals surface area contributed by atoms with Crippen molar-refractivity contribution < 1.29 is 22.8 Å². The van der Waals surface area contributed by atoms with Gasteiger partial charge in [-0.25, -0.2) is 4.68 Å². The highest BCUT2D eigenvalue weighted by Gasteiger charge is 2.48. The van der Waals surface area contributed by atoms with Crippen molar-refractivity contribution in [1.82, 2.24) is 9.78 Å². The molecule has 0 radical (unpaired) electrons. The first-order chi connectivity index (χ1) is 16.5. The zero-order valence-electron chi connectivity index (χ0n) is 18.4. The van der Waals surface area contributed by atoms with E-state index in [1.54, 1.807) is 17.5 Å². The normalized spacial score (nSPS) is 21.7. The highest BCUT2D eigenvalue weighted by atomic mass is 79.9. The lowest BCUT2D eigenvalue weighted by Crippen LogP contribution is -2.35. The highest BCUT2D eigenvalue weighted by Crippen LogP contribution is 2.47. The van der Waals surface area contributed by atoms with Crippen LogP contribution in [0.5, 0.6) is 0 Å². The van der Waals surface area contributed by atoms with Gasteiger partial charge in [-0.2, -0.15) is 18.3 Å². The lowest BCUT2D eigenvalue weighted by molar-refractivity contribution is -0.173. The predicted molar refractivity (Wildman–Crippen MR) is 132 cm³/mol. The maximum Gasteiger partial charge on any atom is 0.410 e. The Labute approximate surface area is 215 Å². The van der Waals surface area contributed by atoms with Crippen LogP contribution in [0.4, 0.5) is 24.0 Å². The topological polar surface area (TPSA) is 102 Å². The van der Waals surface area contributed by atoms with E-state index in [1.165, 1.54) is 22.7 Å². The Bertz CT molecular complexity index is 1300. The monoisotopic (exact) mass is 587 g/mol. The lowest BCUT2D eigenvalue weighted by Gasteiger charge is -2.33. The molecule has 0 aromatic carbocycles. The lowest BCUT2D eigenvalue weighted by atomic mass is 9.88. The van der Waals surface area contributed by atoms with E-state index >= 15 is 0 Å². The summed E-state index contributed by atoms with van der Waals surface area (Å²) in [6.45, 7) is 2.12. The minimum Gasteiger partial charge on any atom is -0.365 e. The van der Waals surface area contributed by atoms with Crippen LogP contribution in [0.3, 0.4) is 0 Å². The van der Waals surface area contributed by atoms with Gasteiger partial charge in [0.05, 0.1) is 16.1 Å². The summed E-state index contributed by atoms with van der Waals surface area (Å²) in [4.78, 5) is 27.2. The summed E-state index contributed by atoms with van der Waals surface area (Å²) in [5.74, 6) is -0.839. The number of nitrogens with two attached hydrogens (primary N) is 1. The van der Waals surface area contributed by atoms with Gasteiger partial charge in [-0.1, -0.05) is 13.0 Å². The van der Waals surface area contributed by atoms with Crippen LogP contribution in [0.2, 0.25) is 0 Å². The number of hydrogen-bond donors (Lipinski definition) is 3. The van der Waals surface area contributed by atoms with Crippen LogP contribution in [0.1, 0.15) is 68.0 Å². The van der Waals surface area contributed by atoms with Crippen molar-refractivity contribution in [3.63, 3.8) is 0 Å². The quantitative estimate of drug-likeness (QED) is 0.353. The molecule has 4 heterocycles. The first-order valence-electron chi connectivity index (χ1n) is 10.9. The molecule has 1 aliphatic carbocycles. The Kier molecular flexibility index (Phi) is 6.20. The van der Waals surface area contributed by atoms with E-state index in [4.69, 9.17) is 5.73 Å². The smallest absolute Gasteiger partial charge is 0.365 e. The van der Waals surface area contributed by atoms with E-state index in [-0.39, 0.29) is 28.0 Å². The molecule has 0 spiro atoms. The van der Waals surface area contributed by atoms with Gasteiger partial charge in [-0.3, -0.25) is 9.59 Å². The zero-order valence-corrected chi connectivity index (χ0v) is 21.6. The summed E-state index contributed by atoms with van der Waals surface area (Å²) in [6, 6.07) is 1.07. The third-order valence-corrected chi connectivity index (χ3v) is 9.29. The number of alkyl halides is 3. The van der Waals surface area contributed by atoms with Gasteiger partial charge in [-0.15, -0.1) is 22.7 Å². The minimum absolute atomic E-state index is 0.0801. The summed E-state index contributed by atoms with van der Waals surface area (Å²) in [5, 5.41) is 11.9. The first kappa shape index (κ1) is 24.3. The molecular formula is C22H21BrF3N5O2S2. The fourth-order valence-corrected chi connectivity index (χ4v) is 7.43. The van der Waals surface area contributed by atoms with E-state index in [2.05, 4.69) is 38.6 Å². The molecule has 13 heteroatoms. The number of anilines is 2. The van der Waals surface area contributed by atoms with Crippen molar-refractivity contribution >= 4 is 61.2 Å². The van der Waals surface area contributed by atoms with Gasteiger partial charge in [0.1, 0.15) is 10.8 Å². The molecule has 35 heavy (non-hydrogen) atoms. The molecule has 5 rings (SSSR count). The molecule has 0 fully saturated rings. The molecule has 3 atom stereocenters. The molecule has 2 amide bonds. The standard InChI is InChI=1S/C22H21BrF3N5O2S2/c1-9-4-5-10-13(7-9)35-21(15(10)18(27)32)29-20(33)17-16(23)19-28-11(12-3-2-6-34-12)8-14(22(24,25)26)31(19)30-17/h2-3,6,9,11,14,28H,4-5,7-8H2,1H3,(H2,27,32)(H,29,33)/t9-,11+,14+/m1/s1. The molecule has 0 bridgehead atoms. The van der Waals surface area contributed by atoms with Gasteiger partial charge in [0.25, 0.3) is 11.8 Å². The van der Waals surface area contributed by atoms with Gasteiger partial charge in [-0.05, 0) is 58.1 Å². The van der Waals surface area contributed by atoms with E-state index in [0.29, 0.717) is 17.3 Å². The van der Waals surface area contributed by atoms with E-state index in [0.717, 1.165) is 32.8 Å². The number of halogens is 4. The Hall–Kier alpha value is -2.38. The third kappa shape index (κ3) is 4.38. The van der Waals surface area contributed by atoms with Gasteiger partial charge < -0.3 is 16.4 Å². The first-order valence-corrected chi connectivity index (χ1v) is 13.4. The Morgan fingerprint density at radius 1 is 1.37 bits per heavy atom. The van der Waals surface area contributed by atoms with Crippen LogP contribution in [0.25, 0.3) is 0 Å². The van der Waals surface area contributed by atoms with E-state index in [1.807, 2.05) is 0 Å². The number of primary amides is 1. The second kappa shape index (κ2) is 8.93. The van der Waals surface area contributed by atoms with Crippen molar-refractivity contribution in [2.45, 2.75) is 50.9 Å². The van der Waals surface area contributed by atoms with E-state index < -0.39 is 30.1 Å². The van der Waals surface area contributed by atoms with Crippen molar-refractivity contribution in [3.05, 3.63) is 48.6 Å². The van der Waals surface area contributed by atoms with Crippen LogP contribution in [0, 0.1) is 5.92 Å². The SMILES string of the molecule is C[C@@H]1CCc2c(sc(NC(=O)c3nn4c(c3Br)N[C@H](c3cccs3)C[C@H]4C(F)(F)F)c2C(N)=O)C1. The van der Waals surface area contributed by atoms with Crippen molar-refractivity contribution in [2.75, 3.05) is 10.6 Å². The molecular weight excluding hydrogens is 567 g/mol. The molecule has 1 aliphatic heterocycles. The van der Waals surface area contributed by atoms with Crippen LogP contribution in [0.15, 0.2) is 22.0 Å². The fraction of sp³-hybridized carbons (Fsp3) is 0.409. The molecule has 7 nitrogen and oxygen atoms in total. The zero-order chi connectivity index (χ0) is 25.1. The van der Waals surface area contributed by atoms with Gasteiger partial charge in [0.2, 0.25) is 0 Å². The Balaban J connectivity index is 1.50. The third-order valence-electron chi connectivity index (χ3n) is 6.38. The van der Waals surface area contributed by atoms with Gasteiger partial charge in [0, 0.05) is 16.2 Å². The van der Waals surface area contributed by atoms with Gasteiger partial charge >= 0.3 is 6.18 Å². The summed E-state index contributed by atoms with van der Waals surface area (Å²) in [7, 11) is 0.